The zero-order valence-electron chi connectivity index (χ0n) is 11.5. The number of nitrogens with one attached hydrogen (secondary N) is 1. The Kier molecular flexibility index (Phi) is 5.45. The van der Waals surface area contributed by atoms with E-state index in [2.05, 4.69) is 10.2 Å². The lowest BCUT2D eigenvalue weighted by Gasteiger charge is -2.38. The summed E-state index contributed by atoms with van der Waals surface area (Å²) in [6.45, 7) is 4.42. The quantitative estimate of drug-likeness (QED) is 0.611. The van der Waals surface area contributed by atoms with E-state index in [1.807, 2.05) is 0 Å². The molecule has 2 atom stereocenters. The van der Waals surface area contributed by atoms with Gasteiger partial charge in [0.1, 0.15) is 0 Å². The number of piperazine rings is 1. The maximum atomic E-state index is 11.6. The van der Waals surface area contributed by atoms with Crippen molar-refractivity contribution >= 4 is 5.97 Å². The van der Waals surface area contributed by atoms with E-state index in [9.17, 15) is 4.79 Å². The molecule has 1 saturated heterocycles. The standard InChI is InChI=1S/C14H26N2O2/c1-18-14(17)11-12-5-3-2-4-6-13(12)16-9-7-15-8-10-16/h12-13,15H,2-11H2,1H3. The third kappa shape index (κ3) is 3.69. The van der Waals surface area contributed by atoms with Crippen LogP contribution in [0.5, 0.6) is 0 Å². The Morgan fingerprint density at radius 3 is 2.67 bits per heavy atom. The number of nitrogens with zero attached hydrogens (tertiary/aromatic N) is 1. The van der Waals surface area contributed by atoms with E-state index in [1.54, 1.807) is 0 Å². The van der Waals surface area contributed by atoms with Crippen LogP contribution in [0.25, 0.3) is 0 Å². The van der Waals surface area contributed by atoms with E-state index >= 15 is 0 Å². The number of esters is 1. The smallest absolute Gasteiger partial charge is 0.305 e. The topological polar surface area (TPSA) is 41.6 Å². The number of methoxy groups -OCH3 is 1. The first-order valence-corrected chi connectivity index (χ1v) is 7.33. The van der Waals surface area contributed by atoms with Crippen molar-refractivity contribution in [3.8, 4) is 0 Å². The summed E-state index contributed by atoms with van der Waals surface area (Å²) in [5, 5.41) is 3.40. The van der Waals surface area contributed by atoms with Crippen molar-refractivity contribution in [2.24, 2.45) is 5.92 Å². The van der Waals surface area contributed by atoms with Gasteiger partial charge >= 0.3 is 5.97 Å². The number of ether oxygens (including phenoxy) is 1. The minimum atomic E-state index is -0.0398. The summed E-state index contributed by atoms with van der Waals surface area (Å²) in [4.78, 5) is 14.2. The molecule has 0 bridgehead atoms. The highest BCUT2D eigenvalue weighted by molar-refractivity contribution is 5.69. The van der Waals surface area contributed by atoms with Crippen LogP contribution in [0.3, 0.4) is 0 Å². The van der Waals surface area contributed by atoms with Gasteiger partial charge < -0.3 is 10.1 Å². The fraction of sp³-hybridized carbons (Fsp3) is 0.929. The molecule has 0 aromatic heterocycles. The van der Waals surface area contributed by atoms with Gasteiger partial charge in [0, 0.05) is 38.6 Å². The molecule has 1 heterocycles. The average molecular weight is 254 g/mol. The number of rotatable bonds is 3. The average Bonchev–Trinajstić information content (AvgIpc) is 2.65. The van der Waals surface area contributed by atoms with Crippen molar-refractivity contribution < 1.29 is 9.53 Å². The van der Waals surface area contributed by atoms with Crippen LogP contribution in [-0.2, 0) is 9.53 Å². The fourth-order valence-electron chi connectivity index (χ4n) is 3.39. The molecule has 0 aromatic rings. The molecule has 1 aliphatic carbocycles. The zero-order chi connectivity index (χ0) is 12.8. The molecule has 18 heavy (non-hydrogen) atoms. The van der Waals surface area contributed by atoms with Gasteiger partial charge in [-0.25, -0.2) is 0 Å². The fourth-order valence-corrected chi connectivity index (χ4v) is 3.39. The van der Waals surface area contributed by atoms with Gasteiger partial charge in [0.2, 0.25) is 0 Å². The monoisotopic (exact) mass is 254 g/mol. The van der Waals surface area contributed by atoms with E-state index in [4.69, 9.17) is 4.74 Å². The van der Waals surface area contributed by atoms with Crippen molar-refractivity contribution in [1.29, 1.82) is 0 Å². The number of hydrogen-bond acceptors (Lipinski definition) is 4. The van der Waals surface area contributed by atoms with E-state index < -0.39 is 0 Å². The van der Waals surface area contributed by atoms with Gasteiger partial charge in [-0.3, -0.25) is 9.69 Å². The molecule has 2 aliphatic rings. The highest BCUT2D eigenvalue weighted by Crippen LogP contribution is 2.30. The molecule has 0 amide bonds. The molecule has 1 saturated carbocycles. The molecular weight excluding hydrogens is 228 g/mol. The predicted molar refractivity (Wildman–Crippen MR) is 71.4 cm³/mol. The highest BCUT2D eigenvalue weighted by atomic mass is 16.5. The molecule has 1 aliphatic heterocycles. The second-order valence-electron chi connectivity index (χ2n) is 5.53. The van der Waals surface area contributed by atoms with Gasteiger partial charge in [-0.05, 0) is 18.8 Å². The molecular formula is C14H26N2O2. The van der Waals surface area contributed by atoms with Crippen LogP contribution in [0.1, 0.15) is 38.5 Å². The van der Waals surface area contributed by atoms with E-state index in [0.29, 0.717) is 18.4 Å². The van der Waals surface area contributed by atoms with Crippen LogP contribution in [0.2, 0.25) is 0 Å². The first-order chi connectivity index (χ1) is 8.81. The van der Waals surface area contributed by atoms with Gasteiger partial charge in [0.05, 0.1) is 7.11 Å². The number of carbonyl (C=O) groups is 1. The van der Waals surface area contributed by atoms with Crippen molar-refractivity contribution in [2.45, 2.75) is 44.6 Å². The van der Waals surface area contributed by atoms with Crippen LogP contribution in [-0.4, -0.2) is 50.2 Å². The van der Waals surface area contributed by atoms with Gasteiger partial charge in [0.25, 0.3) is 0 Å². The summed E-state index contributed by atoms with van der Waals surface area (Å²) in [6.07, 6.45) is 6.94. The Morgan fingerprint density at radius 2 is 1.94 bits per heavy atom. The van der Waals surface area contributed by atoms with Crippen molar-refractivity contribution in [2.75, 3.05) is 33.3 Å². The molecule has 0 radical (unpaired) electrons. The van der Waals surface area contributed by atoms with Crippen molar-refractivity contribution in [1.82, 2.24) is 10.2 Å². The largest absolute Gasteiger partial charge is 0.469 e. The molecule has 104 valence electrons. The molecule has 4 heteroatoms. The van der Waals surface area contributed by atoms with Gasteiger partial charge in [0.15, 0.2) is 0 Å². The SMILES string of the molecule is COC(=O)CC1CCCCCC1N1CCNCC1. The van der Waals surface area contributed by atoms with E-state index in [0.717, 1.165) is 26.2 Å². The highest BCUT2D eigenvalue weighted by Gasteiger charge is 2.31. The van der Waals surface area contributed by atoms with Crippen molar-refractivity contribution in [3.63, 3.8) is 0 Å². The van der Waals surface area contributed by atoms with Crippen LogP contribution in [0.15, 0.2) is 0 Å². The lowest BCUT2D eigenvalue weighted by Crippen LogP contribution is -2.51. The summed E-state index contributed by atoms with van der Waals surface area (Å²) in [5.74, 6) is 0.458. The third-order valence-corrected chi connectivity index (χ3v) is 4.40. The molecule has 0 spiro atoms. The molecule has 0 aromatic carbocycles. The zero-order valence-corrected chi connectivity index (χ0v) is 11.5. The molecule has 2 rings (SSSR count). The molecule has 4 nitrogen and oxygen atoms in total. The Bertz CT molecular complexity index is 265. The van der Waals surface area contributed by atoms with Gasteiger partial charge in [-0.15, -0.1) is 0 Å². The summed E-state index contributed by atoms with van der Waals surface area (Å²) >= 11 is 0. The minimum Gasteiger partial charge on any atom is -0.469 e. The second kappa shape index (κ2) is 7.10. The summed E-state index contributed by atoms with van der Waals surface area (Å²) in [6, 6.07) is 0.591. The van der Waals surface area contributed by atoms with E-state index in [1.165, 1.54) is 39.2 Å². The Hall–Kier alpha value is -0.610. The summed E-state index contributed by atoms with van der Waals surface area (Å²) < 4.78 is 4.86. The molecule has 2 fully saturated rings. The molecule has 2 unspecified atom stereocenters. The van der Waals surface area contributed by atoms with Crippen LogP contribution in [0, 0.1) is 5.92 Å². The maximum Gasteiger partial charge on any atom is 0.305 e. The maximum absolute atomic E-state index is 11.6. The number of hydrogen-bond donors (Lipinski definition) is 1. The Balaban J connectivity index is 1.98. The first-order valence-electron chi connectivity index (χ1n) is 7.33. The van der Waals surface area contributed by atoms with E-state index in [-0.39, 0.29) is 5.97 Å². The number of carbonyl (C=O) groups excluding carboxylic acids is 1. The first kappa shape index (κ1) is 13.8. The normalized spacial score (nSPS) is 30.7. The summed E-state index contributed by atoms with van der Waals surface area (Å²) in [7, 11) is 1.50. The lowest BCUT2D eigenvalue weighted by atomic mass is 9.90. The third-order valence-electron chi connectivity index (χ3n) is 4.40. The Morgan fingerprint density at radius 1 is 1.22 bits per heavy atom. The Labute approximate surface area is 110 Å². The van der Waals surface area contributed by atoms with Gasteiger partial charge in [-0.1, -0.05) is 19.3 Å². The predicted octanol–water partition coefficient (Wildman–Crippen LogP) is 1.40. The van der Waals surface area contributed by atoms with Crippen molar-refractivity contribution in [3.05, 3.63) is 0 Å². The second-order valence-corrected chi connectivity index (χ2v) is 5.53. The lowest BCUT2D eigenvalue weighted by molar-refractivity contribution is -0.142. The van der Waals surface area contributed by atoms with Gasteiger partial charge in [-0.2, -0.15) is 0 Å². The minimum absolute atomic E-state index is 0.0398. The van der Waals surface area contributed by atoms with Crippen LogP contribution in [0.4, 0.5) is 0 Å². The molecule has 1 N–H and O–H groups in total. The summed E-state index contributed by atoms with van der Waals surface area (Å²) in [5.41, 5.74) is 0. The van der Waals surface area contributed by atoms with Crippen LogP contribution < -0.4 is 5.32 Å². The van der Waals surface area contributed by atoms with Crippen LogP contribution >= 0.6 is 0 Å².